The van der Waals surface area contributed by atoms with Gasteiger partial charge in [0.1, 0.15) is 0 Å². The summed E-state index contributed by atoms with van der Waals surface area (Å²) in [6.45, 7) is 7.64. The molecule has 0 aromatic heterocycles. The maximum absolute atomic E-state index is 6.08. The molecule has 1 aromatic rings. The van der Waals surface area contributed by atoms with Crippen molar-refractivity contribution in [2.75, 3.05) is 26.3 Å². The van der Waals surface area contributed by atoms with E-state index in [0.717, 1.165) is 32.5 Å². The summed E-state index contributed by atoms with van der Waals surface area (Å²) >= 11 is 0. The molecule has 0 amide bonds. The van der Waals surface area contributed by atoms with Gasteiger partial charge in [0.15, 0.2) is 0 Å². The first kappa shape index (κ1) is 14.5. The van der Waals surface area contributed by atoms with E-state index < -0.39 is 0 Å². The van der Waals surface area contributed by atoms with Crippen molar-refractivity contribution in [3.05, 3.63) is 35.4 Å². The van der Waals surface area contributed by atoms with Crippen LogP contribution < -0.4 is 5.32 Å². The summed E-state index contributed by atoms with van der Waals surface area (Å²) < 4.78 is 11.7. The number of hydrogen-bond acceptors (Lipinski definition) is 3. The second kappa shape index (κ2) is 7.63. The van der Waals surface area contributed by atoms with Gasteiger partial charge < -0.3 is 14.8 Å². The van der Waals surface area contributed by atoms with Crippen LogP contribution in [-0.4, -0.2) is 32.4 Å². The van der Waals surface area contributed by atoms with Gasteiger partial charge in [-0.3, -0.25) is 0 Å². The Labute approximate surface area is 116 Å². The van der Waals surface area contributed by atoms with Gasteiger partial charge in [-0.05, 0) is 31.9 Å². The predicted molar refractivity (Wildman–Crippen MR) is 77.4 cm³/mol. The van der Waals surface area contributed by atoms with Gasteiger partial charge in [-0.1, -0.05) is 36.8 Å². The summed E-state index contributed by atoms with van der Waals surface area (Å²) in [7, 11) is 0. The highest BCUT2D eigenvalue weighted by Gasteiger charge is 2.19. The van der Waals surface area contributed by atoms with Crippen molar-refractivity contribution in [3.63, 3.8) is 0 Å². The molecule has 1 N–H and O–H groups in total. The monoisotopic (exact) mass is 263 g/mol. The van der Waals surface area contributed by atoms with Crippen LogP contribution in [-0.2, 0) is 9.47 Å². The largest absolute Gasteiger partial charge is 0.376 e. The highest BCUT2D eigenvalue weighted by molar-refractivity contribution is 5.24. The third-order valence-electron chi connectivity index (χ3n) is 3.50. The third kappa shape index (κ3) is 4.60. The fraction of sp³-hybridized carbons (Fsp3) is 0.625. The Morgan fingerprint density at radius 3 is 3.05 bits per heavy atom. The Morgan fingerprint density at radius 1 is 1.47 bits per heavy atom. The summed E-state index contributed by atoms with van der Waals surface area (Å²) in [5.41, 5.74) is 2.53. The minimum atomic E-state index is 0.115. The predicted octanol–water partition coefficient (Wildman–Crippen LogP) is 2.84. The fourth-order valence-electron chi connectivity index (χ4n) is 2.42. The van der Waals surface area contributed by atoms with E-state index in [-0.39, 0.29) is 12.2 Å². The summed E-state index contributed by atoms with van der Waals surface area (Å²) in [5.74, 6) is 0. The Morgan fingerprint density at radius 2 is 2.37 bits per heavy atom. The van der Waals surface area contributed by atoms with E-state index in [2.05, 4.69) is 43.4 Å². The molecule has 1 aromatic carbocycles. The maximum Gasteiger partial charge on any atom is 0.0950 e. The zero-order valence-corrected chi connectivity index (χ0v) is 12.0. The average molecular weight is 263 g/mol. The summed E-state index contributed by atoms with van der Waals surface area (Å²) in [4.78, 5) is 0. The van der Waals surface area contributed by atoms with Crippen LogP contribution in [0.4, 0.5) is 0 Å². The Bertz CT molecular complexity index is 375. The minimum Gasteiger partial charge on any atom is -0.376 e. The van der Waals surface area contributed by atoms with E-state index >= 15 is 0 Å². The van der Waals surface area contributed by atoms with E-state index in [4.69, 9.17) is 9.47 Å². The smallest absolute Gasteiger partial charge is 0.0950 e. The second-order valence-corrected chi connectivity index (χ2v) is 5.18. The number of rotatable bonds is 7. The van der Waals surface area contributed by atoms with E-state index in [0.29, 0.717) is 6.61 Å². The Kier molecular flexibility index (Phi) is 5.83. The molecule has 2 unspecified atom stereocenters. The van der Waals surface area contributed by atoms with Crippen molar-refractivity contribution in [3.8, 4) is 0 Å². The first-order chi connectivity index (χ1) is 9.29. The molecule has 19 heavy (non-hydrogen) atoms. The Hall–Kier alpha value is -0.900. The van der Waals surface area contributed by atoms with Gasteiger partial charge >= 0.3 is 0 Å². The van der Waals surface area contributed by atoms with Crippen molar-refractivity contribution >= 4 is 0 Å². The summed E-state index contributed by atoms with van der Waals surface area (Å²) in [6.07, 6.45) is 2.69. The summed E-state index contributed by atoms with van der Waals surface area (Å²) in [5, 5.41) is 3.38. The molecule has 3 heteroatoms. The lowest BCUT2D eigenvalue weighted by Gasteiger charge is -2.21. The quantitative estimate of drug-likeness (QED) is 0.820. The van der Waals surface area contributed by atoms with E-state index in [1.54, 1.807) is 0 Å². The van der Waals surface area contributed by atoms with Crippen molar-refractivity contribution in [2.45, 2.75) is 38.9 Å². The van der Waals surface area contributed by atoms with Crippen LogP contribution in [0.5, 0.6) is 0 Å². The lowest BCUT2D eigenvalue weighted by molar-refractivity contribution is -0.0208. The molecule has 1 saturated heterocycles. The molecule has 1 aliphatic rings. The molecule has 1 fully saturated rings. The molecule has 2 rings (SSSR count). The number of benzene rings is 1. The van der Waals surface area contributed by atoms with Gasteiger partial charge in [-0.25, -0.2) is 0 Å². The number of hydrogen-bond donors (Lipinski definition) is 1. The molecule has 106 valence electrons. The zero-order chi connectivity index (χ0) is 13.5. The van der Waals surface area contributed by atoms with Crippen LogP contribution in [0.15, 0.2) is 24.3 Å². The van der Waals surface area contributed by atoms with E-state index in [1.807, 2.05) is 0 Å². The molecule has 0 radical (unpaired) electrons. The molecule has 0 bridgehead atoms. The molecule has 3 nitrogen and oxygen atoms in total. The minimum absolute atomic E-state index is 0.115. The lowest BCUT2D eigenvalue weighted by Crippen LogP contribution is -2.26. The highest BCUT2D eigenvalue weighted by Crippen LogP contribution is 2.20. The zero-order valence-electron chi connectivity index (χ0n) is 12.0. The third-order valence-corrected chi connectivity index (χ3v) is 3.50. The van der Waals surface area contributed by atoms with Crippen LogP contribution in [0, 0.1) is 6.92 Å². The van der Waals surface area contributed by atoms with Crippen molar-refractivity contribution in [1.29, 1.82) is 0 Å². The fourth-order valence-corrected chi connectivity index (χ4v) is 2.42. The van der Waals surface area contributed by atoms with Gasteiger partial charge in [0, 0.05) is 13.2 Å². The van der Waals surface area contributed by atoms with Crippen LogP contribution in [0.2, 0.25) is 0 Å². The van der Waals surface area contributed by atoms with E-state index in [9.17, 15) is 0 Å². The molecular weight excluding hydrogens is 238 g/mol. The molecule has 0 aliphatic carbocycles. The van der Waals surface area contributed by atoms with Gasteiger partial charge in [0.2, 0.25) is 0 Å². The number of aryl methyl sites for hydroxylation is 1. The molecule has 1 aliphatic heterocycles. The van der Waals surface area contributed by atoms with Gasteiger partial charge in [-0.2, -0.15) is 0 Å². The maximum atomic E-state index is 6.08. The molecule has 2 atom stereocenters. The number of likely N-dealkylation sites (N-methyl/N-ethyl adjacent to an activating group) is 1. The highest BCUT2D eigenvalue weighted by atomic mass is 16.5. The molecule has 1 heterocycles. The van der Waals surface area contributed by atoms with Gasteiger partial charge in [0.05, 0.1) is 18.8 Å². The van der Waals surface area contributed by atoms with Gasteiger partial charge in [0.25, 0.3) is 0 Å². The Balaban J connectivity index is 1.94. The summed E-state index contributed by atoms with van der Waals surface area (Å²) in [6, 6.07) is 8.56. The van der Waals surface area contributed by atoms with E-state index in [1.165, 1.54) is 11.1 Å². The number of nitrogens with one attached hydrogen (secondary N) is 1. The first-order valence-electron chi connectivity index (χ1n) is 7.30. The van der Waals surface area contributed by atoms with Crippen LogP contribution in [0.25, 0.3) is 0 Å². The van der Waals surface area contributed by atoms with Crippen LogP contribution in [0.3, 0.4) is 0 Å². The van der Waals surface area contributed by atoms with Crippen LogP contribution in [0.1, 0.15) is 37.0 Å². The second-order valence-electron chi connectivity index (χ2n) is 5.18. The molecular formula is C16H25NO2. The standard InChI is InChI=1S/C16H25NO2/c1-3-17-11-16(14-7-4-6-13(2)10-14)19-12-15-8-5-9-18-15/h4,6-7,10,15-17H,3,5,8-9,11-12H2,1-2H3. The topological polar surface area (TPSA) is 30.5 Å². The van der Waals surface area contributed by atoms with Gasteiger partial charge in [-0.15, -0.1) is 0 Å². The number of ether oxygens (including phenoxy) is 2. The normalized spacial score (nSPS) is 20.6. The molecule has 0 saturated carbocycles. The molecule has 0 spiro atoms. The first-order valence-corrected chi connectivity index (χ1v) is 7.30. The SMILES string of the molecule is CCNCC(OCC1CCCO1)c1cccc(C)c1. The van der Waals surface area contributed by atoms with Crippen molar-refractivity contribution < 1.29 is 9.47 Å². The lowest BCUT2D eigenvalue weighted by atomic mass is 10.1. The average Bonchev–Trinajstić information content (AvgIpc) is 2.92. The van der Waals surface area contributed by atoms with Crippen molar-refractivity contribution in [1.82, 2.24) is 5.32 Å². The van der Waals surface area contributed by atoms with Crippen LogP contribution >= 0.6 is 0 Å². The van der Waals surface area contributed by atoms with Crippen molar-refractivity contribution in [2.24, 2.45) is 0 Å².